The molecule has 24 heavy (non-hydrogen) atoms. The van der Waals surface area contributed by atoms with Crippen molar-refractivity contribution in [3.05, 3.63) is 12.2 Å². The molecular formula is C21H36O3. The smallest absolute Gasteiger partial charge is 0.0712 e. The van der Waals surface area contributed by atoms with E-state index in [9.17, 15) is 15.3 Å². The van der Waals surface area contributed by atoms with E-state index in [1.807, 2.05) is 13.8 Å². The highest BCUT2D eigenvalue weighted by molar-refractivity contribution is 5.24. The van der Waals surface area contributed by atoms with E-state index in [-0.39, 0.29) is 22.7 Å². The van der Waals surface area contributed by atoms with Crippen LogP contribution in [-0.4, -0.2) is 33.1 Å². The molecule has 0 aromatic rings. The molecule has 138 valence electrons. The Morgan fingerprint density at radius 3 is 2.21 bits per heavy atom. The Balaban J connectivity index is 2.06. The van der Waals surface area contributed by atoms with Crippen LogP contribution in [0.3, 0.4) is 0 Å². The fourth-order valence-electron chi connectivity index (χ4n) is 6.58. The van der Waals surface area contributed by atoms with Gasteiger partial charge in [0.05, 0.1) is 17.8 Å². The second-order valence-corrected chi connectivity index (χ2v) is 10.0. The average Bonchev–Trinajstić information content (AvgIpc) is 2.48. The Hall–Kier alpha value is -0.380. The number of rotatable bonds is 1. The normalized spacial score (nSPS) is 58.7. The number of fused-ring (bicyclic) bond motifs is 3. The summed E-state index contributed by atoms with van der Waals surface area (Å²) < 4.78 is 0. The van der Waals surface area contributed by atoms with Crippen LogP contribution in [-0.2, 0) is 0 Å². The highest BCUT2D eigenvalue weighted by atomic mass is 16.3. The van der Waals surface area contributed by atoms with Gasteiger partial charge >= 0.3 is 0 Å². The van der Waals surface area contributed by atoms with Crippen LogP contribution in [0.1, 0.15) is 67.2 Å². The maximum atomic E-state index is 11.3. The van der Waals surface area contributed by atoms with Gasteiger partial charge in [-0.25, -0.2) is 0 Å². The zero-order valence-corrected chi connectivity index (χ0v) is 16.2. The molecule has 2 fully saturated rings. The van der Waals surface area contributed by atoms with Crippen LogP contribution in [0.25, 0.3) is 0 Å². The van der Waals surface area contributed by atoms with Crippen LogP contribution < -0.4 is 0 Å². The van der Waals surface area contributed by atoms with E-state index in [0.29, 0.717) is 5.92 Å². The summed E-state index contributed by atoms with van der Waals surface area (Å²) in [4.78, 5) is 0. The van der Waals surface area contributed by atoms with Gasteiger partial charge in [-0.2, -0.15) is 0 Å². The molecule has 0 aromatic heterocycles. The Morgan fingerprint density at radius 2 is 1.62 bits per heavy atom. The Kier molecular flexibility index (Phi) is 4.07. The fourth-order valence-corrected chi connectivity index (χ4v) is 6.58. The van der Waals surface area contributed by atoms with Crippen molar-refractivity contribution < 1.29 is 15.3 Å². The van der Waals surface area contributed by atoms with Crippen LogP contribution in [0.4, 0.5) is 0 Å². The zero-order valence-electron chi connectivity index (χ0n) is 16.2. The summed E-state index contributed by atoms with van der Waals surface area (Å²) >= 11 is 0. The molecule has 0 aliphatic heterocycles. The van der Waals surface area contributed by atoms with Gasteiger partial charge in [-0.15, -0.1) is 0 Å². The molecule has 3 nitrogen and oxygen atoms in total. The molecule has 0 aromatic carbocycles. The van der Waals surface area contributed by atoms with Gasteiger partial charge in [-0.05, 0) is 62.7 Å². The average molecular weight is 337 g/mol. The maximum absolute atomic E-state index is 11.3. The van der Waals surface area contributed by atoms with Gasteiger partial charge in [0.15, 0.2) is 0 Å². The first-order valence-corrected chi connectivity index (χ1v) is 9.68. The van der Waals surface area contributed by atoms with Crippen molar-refractivity contribution in [1.29, 1.82) is 0 Å². The summed E-state index contributed by atoms with van der Waals surface area (Å²) in [6.45, 7) is 12.4. The van der Waals surface area contributed by atoms with Crippen LogP contribution in [0.5, 0.6) is 0 Å². The second kappa shape index (κ2) is 5.31. The topological polar surface area (TPSA) is 60.7 Å². The van der Waals surface area contributed by atoms with Gasteiger partial charge in [0.25, 0.3) is 0 Å². The van der Waals surface area contributed by atoms with Gasteiger partial charge in [0, 0.05) is 10.8 Å². The molecule has 0 spiro atoms. The number of aliphatic hydroxyl groups is 3. The summed E-state index contributed by atoms with van der Waals surface area (Å²) in [7, 11) is 0. The first kappa shape index (κ1) is 18.4. The van der Waals surface area contributed by atoms with Gasteiger partial charge in [0.1, 0.15) is 0 Å². The first-order valence-electron chi connectivity index (χ1n) is 9.68. The van der Waals surface area contributed by atoms with E-state index < -0.39 is 23.2 Å². The number of allylic oxidation sites excluding steroid dienone is 1. The molecule has 0 amide bonds. The maximum Gasteiger partial charge on any atom is 0.0712 e. The predicted molar refractivity (Wildman–Crippen MR) is 96.4 cm³/mol. The lowest BCUT2D eigenvalue weighted by molar-refractivity contribution is -0.216. The largest absolute Gasteiger partial charge is 0.392 e. The van der Waals surface area contributed by atoms with Crippen molar-refractivity contribution in [3.63, 3.8) is 0 Å². The third-order valence-corrected chi connectivity index (χ3v) is 8.77. The summed E-state index contributed by atoms with van der Waals surface area (Å²) in [6, 6.07) is 0. The van der Waals surface area contributed by atoms with E-state index in [0.717, 1.165) is 25.7 Å². The van der Waals surface area contributed by atoms with E-state index >= 15 is 0 Å². The summed E-state index contributed by atoms with van der Waals surface area (Å²) in [5.74, 6) is 0.823. The zero-order chi connectivity index (χ0) is 18.1. The third-order valence-electron chi connectivity index (χ3n) is 8.77. The second-order valence-electron chi connectivity index (χ2n) is 10.0. The first-order chi connectivity index (χ1) is 10.9. The lowest BCUT2D eigenvalue weighted by Crippen LogP contribution is -2.65. The molecule has 0 heterocycles. The molecule has 3 aliphatic rings. The SMILES string of the molecule is CC1CCC2(C)C(CCC3(C)C2C=CC(C)([C@H](C)O)C3O)C1(C)O. The van der Waals surface area contributed by atoms with Crippen LogP contribution in [0, 0.1) is 34.0 Å². The molecular weight excluding hydrogens is 300 g/mol. The van der Waals surface area contributed by atoms with Crippen molar-refractivity contribution in [1.82, 2.24) is 0 Å². The Bertz CT molecular complexity index is 539. The Morgan fingerprint density at radius 1 is 1.04 bits per heavy atom. The van der Waals surface area contributed by atoms with Crippen LogP contribution >= 0.6 is 0 Å². The van der Waals surface area contributed by atoms with Crippen molar-refractivity contribution >= 4 is 0 Å². The number of aliphatic hydroxyl groups excluding tert-OH is 2. The molecule has 3 aliphatic carbocycles. The predicted octanol–water partition coefficient (Wildman–Crippen LogP) is 3.52. The van der Waals surface area contributed by atoms with Crippen molar-refractivity contribution in [2.24, 2.45) is 34.0 Å². The number of hydrogen-bond donors (Lipinski definition) is 3. The minimum atomic E-state index is -0.641. The molecule has 0 radical (unpaired) electrons. The molecule has 0 saturated heterocycles. The lowest BCUT2D eigenvalue weighted by atomic mass is 9.40. The van der Waals surface area contributed by atoms with E-state index in [1.165, 1.54) is 0 Å². The molecule has 2 saturated carbocycles. The van der Waals surface area contributed by atoms with Crippen molar-refractivity contribution in [2.75, 3.05) is 0 Å². The molecule has 3 rings (SSSR count). The molecule has 8 unspecified atom stereocenters. The monoisotopic (exact) mass is 336 g/mol. The van der Waals surface area contributed by atoms with Crippen molar-refractivity contribution in [2.45, 2.75) is 85.0 Å². The summed E-state index contributed by atoms with van der Waals surface area (Å²) in [5.41, 5.74) is -1.49. The quantitative estimate of drug-likeness (QED) is 0.642. The van der Waals surface area contributed by atoms with Gasteiger partial charge < -0.3 is 15.3 Å². The molecule has 0 bridgehead atoms. The van der Waals surface area contributed by atoms with Gasteiger partial charge in [0.2, 0.25) is 0 Å². The minimum absolute atomic E-state index is 0.000510. The third kappa shape index (κ3) is 2.13. The molecule has 3 heteroatoms. The van der Waals surface area contributed by atoms with Gasteiger partial charge in [-0.1, -0.05) is 39.8 Å². The highest BCUT2D eigenvalue weighted by Gasteiger charge is 2.64. The van der Waals surface area contributed by atoms with Crippen molar-refractivity contribution in [3.8, 4) is 0 Å². The molecule has 9 atom stereocenters. The fraction of sp³-hybridized carbons (Fsp3) is 0.905. The minimum Gasteiger partial charge on any atom is -0.392 e. The van der Waals surface area contributed by atoms with E-state index in [2.05, 4.69) is 32.9 Å². The van der Waals surface area contributed by atoms with Gasteiger partial charge in [-0.3, -0.25) is 0 Å². The summed E-state index contributed by atoms with van der Waals surface area (Å²) in [6.07, 6.45) is 7.13. The number of hydrogen-bond acceptors (Lipinski definition) is 3. The Labute approximate surface area is 147 Å². The van der Waals surface area contributed by atoms with Crippen LogP contribution in [0.15, 0.2) is 12.2 Å². The highest BCUT2D eigenvalue weighted by Crippen LogP contribution is 2.66. The van der Waals surface area contributed by atoms with Crippen LogP contribution in [0.2, 0.25) is 0 Å². The summed E-state index contributed by atoms with van der Waals surface area (Å²) in [5, 5.41) is 32.7. The molecule has 3 N–H and O–H groups in total. The van der Waals surface area contributed by atoms with E-state index in [1.54, 1.807) is 6.92 Å². The lowest BCUT2D eigenvalue weighted by Gasteiger charge is -2.66. The van der Waals surface area contributed by atoms with E-state index in [4.69, 9.17) is 0 Å². The standard InChI is InChI=1S/C21H36O3/c1-13-7-10-19(4)15-8-11-18(3,14(2)22)17(23)20(15,5)12-9-16(19)21(13,6)24/h8,11,13-17,22-24H,7,9-10,12H2,1-6H3/t13?,14-,15?,16?,17?,18?,19?,20?,21?/m0/s1.